The van der Waals surface area contributed by atoms with Crippen LogP contribution in [-0.4, -0.2) is 21.1 Å². The van der Waals surface area contributed by atoms with E-state index in [1.165, 1.54) is 21.8 Å². The second kappa shape index (κ2) is 6.97. The Kier molecular flexibility index (Phi) is 4.78. The molecule has 23 heavy (non-hydrogen) atoms. The van der Waals surface area contributed by atoms with Crippen LogP contribution in [0.3, 0.4) is 0 Å². The Balaban J connectivity index is 1.77. The Hall–Kier alpha value is -2.12. The molecule has 0 aliphatic rings. The number of carbonyl (C=O) groups excluding carboxylic acids is 1. The van der Waals surface area contributed by atoms with E-state index in [9.17, 15) is 9.59 Å². The molecule has 3 aromatic rings. The molecule has 0 amide bonds. The number of hydrogen-bond acceptors (Lipinski definition) is 6. The lowest BCUT2D eigenvalue weighted by atomic mass is 10.2. The molecule has 0 N–H and O–H groups in total. The van der Waals surface area contributed by atoms with Crippen molar-refractivity contribution in [2.75, 3.05) is 5.75 Å². The van der Waals surface area contributed by atoms with E-state index >= 15 is 0 Å². The summed E-state index contributed by atoms with van der Waals surface area (Å²) < 4.78 is 6.78. The Bertz CT molecular complexity index is 901. The van der Waals surface area contributed by atoms with Crippen molar-refractivity contribution in [3.8, 4) is 0 Å². The number of hydrogen-bond donors (Lipinski definition) is 0. The first-order valence-electron chi connectivity index (χ1n) is 7.03. The number of thiazole rings is 1. The van der Waals surface area contributed by atoms with Crippen LogP contribution in [0.15, 0.2) is 51.6 Å². The van der Waals surface area contributed by atoms with Gasteiger partial charge in [-0.05, 0) is 17.9 Å². The van der Waals surface area contributed by atoms with Crippen LogP contribution in [0.4, 0.5) is 0 Å². The van der Waals surface area contributed by atoms with Crippen LogP contribution < -0.4 is 5.56 Å². The number of fused-ring (bicyclic) bond motifs is 1. The molecular weight excluding hydrogens is 332 g/mol. The topological polar surface area (TPSA) is 60.7 Å². The predicted molar refractivity (Wildman–Crippen MR) is 91.3 cm³/mol. The van der Waals surface area contributed by atoms with Crippen LogP contribution in [0.5, 0.6) is 0 Å². The molecule has 0 saturated carbocycles. The van der Waals surface area contributed by atoms with Crippen molar-refractivity contribution >= 4 is 34.0 Å². The van der Waals surface area contributed by atoms with E-state index < -0.39 is 5.97 Å². The largest absolute Gasteiger partial charge is 0.456 e. The number of carbonyl (C=O) groups is 1. The van der Waals surface area contributed by atoms with Gasteiger partial charge in [-0.3, -0.25) is 9.20 Å². The van der Waals surface area contributed by atoms with Crippen molar-refractivity contribution in [2.45, 2.75) is 18.4 Å². The fraction of sp³-hybridized carbons (Fsp3) is 0.188. The Morgan fingerprint density at radius 3 is 3.04 bits per heavy atom. The van der Waals surface area contributed by atoms with Gasteiger partial charge in [0.15, 0.2) is 4.96 Å². The second-order valence-corrected chi connectivity index (χ2v) is 6.83. The number of rotatable bonds is 5. The van der Waals surface area contributed by atoms with Gasteiger partial charge >= 0.3 is 5.97 Å². The molecule has 0 fully saturated rings. The summed E-state index contributed by atoms with van der Waals surface area (Å²) in [6, 6.07) is 8.72. The van der Waals surface area contributed by atoms with Gasteiger partial charge in [0.25, 0.3) is 5.56 Å². The van der Waals surface area contributed by atoms with E-state index in [0.717, 1.165) is 10.6 Å². The number of thioether (sulfide) groups is 1. The van der Waals surface area contributed by atoms with Crippen LogP contribution in [0.2, 0.25) is 0 Å². The fourth-order valence-electron chi connectivity index (χ4n) is 2.10. The molecule has 0 saturated heterocycles. The van der Waals surface area contributed by atoms with E-state index in [0.29, 0.717) is 16.2 Å². The third-order valence-electron chi connectivity index (χ3n) is 3.11. The van der Waals surface area contributed by atoms with E-state index in [4.69, 9.17) is 4.74 Å². The molecule has 0 atom stereocenters. The molecule has 0 unspecified atom stereocenters. The summed E-state index contributed by atoms with van der Waals surface area (Å²) in [5.74, 6) is 0.465. The molecule has 0 spiro atoms. The van der Waals surface area contributed by atoms with Crippen LogP contribution in [-0.2, 0) is 11.3 Å². The number of aromatic nitrogens is 2. The Morgan fingerprint density at radius 1 is 1.39 bits per heavy atom. The fourth-order valence-corrected chi connectivity index (χ4v) is 3.63. The first-order chi connectivity index (χ1) is 11.2. The van der Waals surface area contributed by atoms with Gasteiger partial charge < -0.3 is 4.74 Å². The molecule has 0 radical (unpaired) electrons. The molecule has 2 aromatic heterocycles. The van der Waals surface area contributed by atoms with Gasteiger partial charge in [-0.25, -0.2) is 9.78 Å². The quantitative estimate of drug-likeness (QED) is 0.524. The van der Waals surface area contributed by atoms with Gasteiger partial charge in [0.1, 0.15) is 6.61 Å². The second-order valence-electron chi connectivity index (χ2n) is 4.65. The van der Waals surface area contributed by atoms with Crippen LogP contribution in [0.1, 0.15) is 23.0 Å². The zero-order valence-corrected chi connectivity index (χ0v) is 14.0. The summed E-state index contributed by atoms with van der Waals surface area (Å²) in [4.78, 5) is 30.0. The highest BCUT2D eigenvalue weighted by atomic mass is 32.2. The molecule has 1 aromatic carbocycles. The average Bonchev–Trinajstić information content (AvgIpc) is 3.02. The summed E-state index contributed by atoms with van der Waals surface area (Å²) in [6.07, 6.45) is 1.67. The van der Waals surface area contributed by atoms with Gasteiger partial charge in [0, 0.05) is 22.5 Å². The maximum Gasteiger partial charge on any atom is 0.339 e. The number of ether oxygens (including phenoxy) is 1. The van der Waals surface area contributed by atoms with Crippen LogP contribution >= 0.6 is 23.1 Å². The zero-order valence-electron chi connectivity index (χ0n) is 12.4. The van der Waals surface area contributed by atoms with E-state index in [-0.39, 0.29) is 12.2 Å². The van der Waals surface area contributed by atoms with Gasteiger partial charge in [0.2, 0.25) is 0 Å². The third-order valence-corrected chi connectivity index (χ3v) is 4.83. The average molecular weight is 346 g/mol. The maximum absolute atomic E-state index is 12.3. The maximum atomic E-state index is 12.3. The standard InChI is InChI=1S/C16H14N2O3S2/c1-2-22-13-6-4-3-5-12(13)15(20)21-10-11-9-14(19)18-7-8-23-16(18)17-11/h3-9H,2,10H2,1H3. The summed E-state index contributed by atoms with van der Waals surface area (Å²) >= 11 is 2.95. The molecule has 3 rings (SSSR count). The molecule has 0 bridgehead atoms. The molecule has 118 valence electrons. The normalized spacial score (nSPS) is 10.8. The smallest absolute Gasteiger partial charge is 0.339 e. The van der Waals surface area contributed by atoms with Gasteiger partial charge in [0.05, 0.1) is 11.3 Å². The van der Waals surface area contributed by atoms with Crippen molar-refractivity contribution in [1.29, 1.82) is 0 Å². The van der Waals surface area contributed by atoms with Gasteiger partial charge in [-0.2, -0.15) is 0 Å². The highest BCUT2D eigenvalue weighted by molar-refractivity contribution is 7.99. The van der Waals surface area contributed by atoms with Crippen LogP contribution in [0, 0.1) is 0 Å². The summed E-state index contributed by atoms with van der Waals surface area (Å²) in [5.41, 5.74) is 0.809. The van der Waals surface area contributed by atoms with Crippen molar-refractivity contribution < 1.29 is 9.53 Å². The number of benzene rings is 1. The third kappa shape index (κ3) is 3.46. The molecular formula is C16H14N2O3S2. The molecule has 0 aliphatic carbocycles. The summed E-state index contributed by atoms with van der Waals surface area (Å²) in [7, 11) is 0. The molecule has 2 heterocycles. The highest BCUT2D eigenvalue weighted by Gasteiger charge is 2.13. The van der Waals surface area contributed by atoms with Crippen molar-refractivity contribution in [3.63, 3.8) is 0 Å². The van der Waals surface area contributed by atoms with Crippen LogP contribution in [0.25, 0.3) is 4.96 Å². The lowest BCUT2D eigenvalue weighted by Gasteiger charge is -2.08. The highest BCUT2D eigenvalue weighted by Crippen LogP contribution is 2.23. The zero-order chi connectivity index (χ0) is 16.2. The molecule has 7 heteroatoms. The first-order valence-corrected chi connectivity index (χ1v) is 8.90. The molecule has 0 aliphatic heterocycles. The summed E-state index contributed by atoms with van der Waals surface area (Å²) in [6.45, 7) is 2.01. The van der Waals surface area contributed by atoms with E-state index in [2.05, 4.69) is 4.98 Å². The van der Waals surface area contributed by atoms with Crippen molar-refractivity contribution in [2.24, 2.45) is 0 Å². The summed E-state index contributed by atoms with van der Waals surface area (Å²) in [5, 5.41) is 1.79. The van der Waals surface area contributed by atoms with E-state index in [1.807, 2.05) is 19.1 Å². The predicted octanol–water partition coefficient (Wildman–Crippen LogP) is 3.23. The van der Waals surface area contributed by atoms with Crippen molar-refractivity contribution in [3.05, 3.63) is 63.5 Å². The van der Waals surface area contributed by atoms with Gasteiger partial charge in [-0.15, -0.1) is 23.1 Å². The first kappa shape index (κ1) is 15.8. The minimum Gasteiger partial charge on any atom is -0.456 e. The number of nitrogens with zero attached hydrogens (tertiary/aromatic N) is 2. The monoisotopic (exact) mass is 346 g/mol. The lowest BCUT2D eigenvalue weighted by molar-refractivity contribution is 0.0463. The van der Waals surface area contributed by atoms with Crippen molar-refractivity contribution in [1.82, 2.24) is 9.38 Å². The lowest BCUT2D eigenvalue weighted by Crippen LogP contribution is -2.15. The van der Waals surface area contributed by atoms with Gasteiger partial charge in [-0.1, -0.05) is 19.1 Å². The van der Waals surface area contributed by atoms with E-state index in [1.54, 1.807) is 35.5 Å². The molecule has 5 nitrogen and oxygen atoms in total. The SMILES string of the molecule is CCSc1ccccc1C(=O)OCc1cc(=O)n2ccsc2n1. The minimum atomic E-state index is -0.408. The minimum absolute atomic E-state index is 0.0202. The Morgan fingerprint density at radius 2 is 2.22 bits per heavy atom. The number of esters is 1. The Labute approximate surface area is 140 Å².